The Kier molecular flexibility index (Phi) is 14.5. The highest BCUT2D eigenvalue weighted by atomic mass is 127. The van der Waals surface area contributed by atoms with E-state index < -0.39 is 17.6 Å². The van der Waals surface area contributed by atoms with E-state index in [0.29, 0.717) is 38.7 Å². The van der Waals surface area contributed by atoms with Gasteiger partial charge in [-0.05, 0) is 51.0 Å². The lowest BCUT2D eigenvalue weighted by Gasteiger charge is -2.12. The van der Waals surface area contributed by atoms with Crippen molar-refractivity contribution in [2.24, 2.45) is 4.99 Å². The Morgan fingerprint density at radius 2 is 1.69 bits per heavy atom. The lowest BCUT2D eigenvalue weighted by molar-refractivity contribution is -0.137. The molecule has 0 heterocycles. The lowest BCUT2D eigenvalue weighted by atomic mass is 10.1. The molecule has 0 aliphatic carbocycles. The number of unbranched alkanes of at least 4 members (excludes halogenated alkanes) is 1. The Hall–Kier alpha value is -1.56. The third-order valence-electron chi connectivity index (χ3n) is 3.69. The van der Waals surface area contributed by atoms with E-state index in [4.69, 9.17) is 4.74 Å². The molecule has 1 aromatic rings. The van der Waals surface area contributed by atoms with Gasteiger partial charge in [-0.2, -0.15) is 13.2 Å². The standard InChI is InChI=1S/C19H29F3N4O2.HI/c1-3-23-18(25-11-5-6-14-28-4-2)26-13-12-24-17(27)15-7-9-16(10-8-15)19(20,21)22;/h7-10H,3-6,11-14H2,1-2H3,(H,24,27)(H2,23,25,26);1H. The number of carbonyl (C=O) groups is 1. The predicted molar refractivity (Wildman–Crippen MR) is 119 cm³/mol. The molecule has 0 bridgehead atoms. The fraction of sp³-hybridized carbons (Fsp3) is 0.579. The molecule has 10 heteroatoms. The molecule has 0 aromatic heterocycles. The predicted octanol–water partition coefficient (Wildman–Crippen LogP) is 3.43. The Morgan fingerprint density at radius 3 is 2.28 bits per heavy atom. The monoisotopic (exact) mass is 530 g/mol. The van der Waals surface area contributed by atoms with Crippen LogP contribution in [0.25, 0.3) is 0 Å². The SMILES string of the molecule is CCNC(=NCCCCOCC)NCCNC(=O)c1ccc(C(F)(F)F)cc1.I. The molecule has 0 atom stereocenters. The molecular formula is C19H30F3IN4O2. The summed E-state index contributed by atoms with van der Waals surface area (Å²) < 4.78 is 42.9. The van der Waals surface area contributed by atoms with Gasteiger partial charge in [0.25, 0.3) is 5.91 Å². The lowest BCUT2D eigenvalue weighted by Crippen LogP contribution is -2.41. The van der Waals surface area contributed by atoms with Crippen molar-refractivity contribution in [2.75, 3.05) is 39.4 Å². The molecule has 3 N–H and O–H groups in total. The van der Waals surface area contributed by atoms with Crippen molar-refractivity contribution in [2.45, 2.75) is 32.9 Å². The van der Waals surface area contributed by atoms with Gasteiger partial charge in [0, 0.05) is 45.0 Å². The zero-order valence-electron chi connectivity index (χ0n) is 16.8. The van der Waals surface area contributed by atoms with Gasteiger partial charge in [-0.25, -0.2) is 0 Å². The van der Waals surface area contributed by atoms with E-state index in [1.165, 1.54) is 12.1 Å². The highest BCUT2D eigenvalue weighted by Crippen LogP contribution is 2.28. The number of carbonyl (C=O) groups excluding carboxylic acids is 1. The van der Waals surface area contributed by atoms with Crippen LogP contribution in [0, 0.1) is 0 Å². The van der Waals surface area contributed by atoms with Crippen LogP contribution in [0.4, 0.5) is 13.2 Å². The minimum absolute atomic E-state index is 0. The number of guanidine groups is 1. The van der Waals surface area contributed by atoms with Crippen LogP contribution in [-0.2, 0) is 10.9 Å². The maximum Gasteiger partial charge on any atom is 0.416 e. The molecule has 0 saturated heterocycles. The van der Waals surface area contributed by atoms with Crippen molar-refractivity contribution < 1.29 is 22.7 Å². The van der Waals surface area contributed by atoms with Crippen molar-refractivity contribution in [1.82, 2.24) is 16.0 Å². The van der Waals surface area contributed by atoms with E-state index in [-0.39, 0.29) is 29.5 Å². The maximum absolute atomic E-state index is 12.5. The summed E-state index contributed by atoms with van der Waals surface area (Å²) in [6.07, 6.45) is -2.55. The van der Waals surface area contributed by atoms with Crippen molar-refractivity contribution >= 4 is 35.8 Å². The molecule has 0 spiro atoms. The Labute approximate surface area is 187 Å². The molecule has 0 unspecified atom stereocenters. The summed E-state index contributed by atoms with van der Waals surface area (Å²) in [4.78, 5) is 16.4. The molecule has 1 aromatic carbocycles. The van der Waals surface area contributed by atoms with Crippen molar-refractivity contribution in [3.63, 3.8) is 0 Å². The second-order valence-electron chi connectivity index (χ2n) is 5.92. The van der Waals surface area contributed by atoms with Gasteiger partial charge in [0.1, 0.15) is 0 Å². The number of alkyl halides is 3. The Morgan fingerprint density at radius 1 is 1.03 bits per heavy atom. The minimum atomic E-state index is -4.41. The van der Waals surface area contributed by atoms with E-state index in [1.807, 2.05) is 13.8 Å². The number of benzene rings is 1. The molecule has 0 aliphatic heterocycles. The van der Waals surface area contributed by atoms with Crippen LogP contribution in [0.5, 0.6) is 0 Å². The summed E-state index contributed by atoms with van der Waals surface area (Å²) in [6, 6.07) is 4.13. The summed E-state index contributed by atoms with van der Waals surface area (Å²) in [6.45, 7) is 7.49. The van der Waals surface area contributed by atoms with Gasteiger partial charge in [-0.1, -0.05) is 0 Å². The Balaban J connectivity index is 0.00000784. The number of ether oxygens (including phenoxy) is 1. The van der Waals surface area contributed by atoms with E-state index in [2.05, 4.69) is 20.9 Å². The fourth-order valence-electron chi connectivity index (χ4n) is 2.26. The van der Waals surface area contributed by atoms with Crippen molar-refractivity contribution in [3.05, 3.63) is 35.4 Å². The van der Waals surface area contributed by atoms with Gasteiger partial charge in [-0.3, -0.25) is 9.79 Å². The second-order valence-corrected chi connectivity index (χ2v) is 5.92. The van der Waals surface area contributed by atoms with Gasteiger partial charge in [0.15, 0.2) is 5.96 Å². The molecule has 0 saturated carbocycles. The number of aliphatic imine (C=N–C) groups is 1. The summed E-state index contributed by atoms with van der Waals surface area (Å²) >= 11 is 0. The van der Waals surface area contributed by atoms with Crippen LogP contribution in [0.1, 0.15) is 42.6 Å². The third-order valence-corrected chi connectivity index (χ3v) is 3.69. The highest BCUT2D eigenvalue weighted by molar-refractivity contribution is 14.0. The second kappa shape index (κ2) is 15.3. The molecule has 166 valence electrons. The normalized spacial score (nSPS) is 11.6. The van der Waals surface area contributed by atoms with Crippen LogP contribution in [-0.4, -0.2) is 51.3 Å². The number of halogens is 4. The van der Waals surface area contributed by atoms with Crippen LogP contribution in [0.3, 0.4) is 0 Å². The van der Waals surface area contributed by atoms with E-state index in [1.54, 1.807) is 0 Å². The molecule has 6 nitrogen and oxygen atoms in total. The van der Waals surface area contributed by atoms with Crippen molar-refractivity contribution in [3.8, 4) is 0 Å². The zero-order chi connectivity index (χ0) is 20.8. The fourth-order valence-corrected chi connectivity index (χ4v) is 2.26. The number of hydrogen-bond acceptors (Lipinski definition) is 3. The topological polar surface area (TPSA) is 74.8 Å². The average Bonchev–Trinajstić information content (AvgIpc) is 2.67. The first-order chi connectivity index (χ1) is 13.4. The number of rotatable bonds is 11. The number of nitrogens with one attached hydrogen (secondary N) is 3. The number of nitrogens with zero attached hydrogens (tertiary/aromatic N) is 1. The number of hydrogen-bond donors (Lipinski definition) is 3. The van der Waals surface area contributed by atoms with Crippen molar-refractivity contribution in [1.29, 1.82) is 0 Å². The van der Waals surface area contributed by atoms with Crippen LogP contribution >= 0.6 is 24.0 Å². The summed E-state index contributed by atoms with van der Waals surface area (Å²) in [5.74, 6) is 0.232. The first kappa shape index (κ1) is 27.4. The molecule has 1 rings (SSSR count). The Bertz CT molecular complexity index is 610. The van der Waals surface area contributed by atoms with Crippen LogP contribution < -0.4 is 16.0 Å². The first-order valence-corrected chi connectivity index (χ1v) is 9.43. The average molecular weight is 530 g/mol. The molecule has 0 radical (unpaired) electrons. The van der Waals surface area contributed by atoms with Gasteiger partial charge in [-0.15, -0.1) is 24.0 Å². The minimum Gasteiger partial charge on any atom is -0.382 e. The molecular weight excluding hydrogens is 500 g/mol. The summed E-state index contributed by atoms with van der Waals surface area (Å²) in [5.41, 5.74) is -0.596. The van der Waals surface area contributed by atoms with Gasteiger partial charge in [0.05, 0.1) is 5.56 Å². The number of amides is 1. The quantitative estimate of drug-likeness (QED) is 0.178. The highest BCUT2D eigenvalue weighted by Gasteiger charge is 2.30. The van der Waals surface area contributed by atoms with Crippen LogP contribution in [0.15, 0.2) is 29.3 Å². The van der Waals surface area contributed by atoms with Crippen LogP contribution in [0.2, 0.25) is 0 Å². The molecule has 29 heavy (non-hydrogen) atoms. The van der Waals surface area contributed by atoms with E-state index in [9.17, 15) is 18.0 Å². The largest absolute Gasteiger partial charge is 0.416 e. The van der Waals surface area contributed by atoms with Gasteiger partial charge in [0.2, 0.25) is 0 Å². The van der Waals surface area contributed by atoms with Gasteiger partial charge < -0.3 is 20.7 Å². The zero-order valence-corrected chi connectivity index (χ0v) is 19.1. The van der Waals surface area contributed by atoms with Gasteiger partial charge >= 0.3 is 6.18 Å². The van der Waals surface area contributed by atoms with E-state index >= 15 is 0 Å². The molecule has 1 amide bonds. The molecule has 0 fully saturated rings. The smallest absolute Gasteiger partial charge is 0.382 e. The van der Waals surface area contributed by atoms with E-state index in [0.717, 1.165) is 31.6 Å². The maximum atomic E-state index is 12.5. The summed E-state index contributed by atoms with van der Waals surface area (Å²) in [7, 11) is 0. The summed E-state index contributed by atoms with van der Waals surface area (Å²) in [5, 5.41) is 8.88. The third kappa shape index (κ3) is 11.9. The molecule has 0 aliphatic rings. The first-order valence-electron chi connectivity index (χ1n) is 9.43.